The lowest BCUT2D eigenvalue weighted by molar-refractivity contribution is 0.311. The number of methoxy groups -OCH3 is 1. The summed E-state index contributed by atoms with van der Waals surface area (Å²) in [5.41, 5.74) is 5.23. The Labute approximate surface area is 179 Å². The van der Waals surface area contributed by atoms with Crippen LogP contribution in [0.15, 0.2) is 29.8 Å². The number of benzene rings is 1. The van der Waals surface area contributed by atoms with Gasteiger partial charge in [-0.25, -0.2) is 0 Å². The number of aromatic amines is 1. The Kier molecular flexibility index (Phi) is 8.03. The lowest BCUT2D eigenvalue weighted by atomic mass is 10.1. The van der Waals surface area contributed by atoms with Crippen LogP contribution in [0, 0.1) is 0 Å². The Balaban J connectivity index is 1.77. The van der Waals surface area contributed by atoms with E-state index in [1.165, 1.54) is 27.4 Å². The van der Waals surface area contributed by atoms with Crippen LogP contribution in [-0.4, -0.2) is 38.8 Å². The van der Waals surface area contributed by atoms with E-state index in [1.54, 1.807) is 7.11 Å². The molecule has 5 nitrogen and oxygen atoms in total. The maximum Gasteiger partial charge on any atom is 0.163 e. The van der Waals surface area contributed by atoms with E-state index in [-0.39, 0.29) is 0 Å². The first-order chi connectivity index (χ1) is 14.7. The summed E-state index contributed by atoms with van der Waals surface area (Å²) in [5.74, 6) is 1.53. The molecule has 162 valence electrons. The Morgan fingerprint density at radius 2 is 1.97 bits per heavy atom. The summed E-state index contributed by atoms with van der Waals surface area (Å²) >= 11 is 0. The number of hydrogen-bond donors (Lipinski definition) is 3. The summed E-state index contributed by atoms with van der Waals surface area (Å²) < 4.78 is 11.1. The van der Waals surface area contributed by atoms with E-state index in [9.17, 15) is 0 Å². The molecule has 0 unspecified atom stereocenters. The molecule has 2 aromatic rings. The molecule has 5 heteroatoms. The second-order valence-electron chi connectivity index (χ2n) is 7.57. The standard InChI is InChI=1S/C25H35N3O2/c1-5-7-22-21(14-15-26-3)20-11-8-18(9-12-23(20)28-22)17-27-19-10-13-24(29-4)25(16-19)30-6-2/h8,10-13,16,26-28H,5-7,9,14-15,17H2,1-4H3. The minimum atomic E-state index is 0.614. The highest BCUT2D eigenvalue weighted by atomic mass is 16.5. The summed E-state index contributed by atoms with van der Waals surface area (Å²) in [6, 6.07) is 5.98. The van der Waals surface area contributed by atoms with Crippen molar-refractivity contribution in [3.8, 4) is 11.5 Å². The maximum absolute atomic E-state index is 5.69. The summed E-state index contributed by atoms with van der Waals surface area (Å²) in [4.78, 5) is 3.68. The van der Waals surface area contributed by atoms with Gasteiger partial charge in [0.05, 0.1) is 13.7 Å². The van der Waals surface area contributed by atoms with Crippen LogP contribution in [0.5, 0.6) is 11.5 Å². The third-order valence-corrected chi connectivity index (χ3v) is 5.43. The van der Waals surface area contributed by atoms with Crippen LogP contribution >= 0.6 is 0 Å². The average molecular weight is 410 g/mol. The molecule has 0 radical (unpaired) electrons. The highest BCUT2D eigenvalue weighted by Crippen LogP contribution is 2.30. The number of likely N-dealkylation sites (N-methyl/N-ethyl adjacent to an activating group) is 1. The number of anilines is 1. The van der Waals surface area contributed by atoms with Crippen molar-refractivity contribution in [3.63, 3.8) is 0 Å². The number of H-pyrrole nitrogens is 1. The highest BCUT2D eigenvalue weighted by Gasteiger charge is 2.10. The first kappa shape index (κ1) is 22.0. The van der Waals surface area contributed by atoms with Gasteiger partial charge in [0.15, 0.2) is 11.5 Å². The van der Waals surface area contributed by atoms with Crippen molar-refractivity contribution in [3.05, 3.63) is 51.7 Å². The number of aryl methyl sites for hydroxylation is 1. The molecule has 0 spiro atoms. The zero-order chi connectivity index (χ0) is 21.3. The Morgan fingerprint density at radius 1 is 1.10 bits per heavy atom. The zero-order valence-corrected chi connectivity index (χ0v) is 18.7. The van der Waals surface area contributed by atoms with Crippen LogP contribution < -0.4 is 30.7 Å². The fourth-order valence-corrected chi connectivity index (χ4v) is 3.88. The molecule has 0 aliphatic heterocycles. The molecule has 1 aliphatic rings. The van der Waals surface area contributed by atoms with Gasteiger partial charge in [-0.2, -0.15) is 0 Å². The molecule has 0 amide bonds. The number of aromatic nitrogens is 1. The molecule has 30 heavy (non-hydrogen) atoms. The van der Waals surface area contributed by atoms with Crippen molar-refractivity contribution in [2.45, 2.75) is 39.5 Å². The molecule has 0 saturated carbocycles. The normalized spacial score (nSPS) is 12.9. The molecular weight excluding hydrogens is 374 g/mol. The fourth-order valence-electron chi connectivity index (χ4n) is 3.88. The quantitative estimate of drug-likeness (QED) is 0.534. The predicted molar refractivity (Wildman–Crippen MR) is 126 cm³/mol. The van der Waals surface area contributed by atoms with Crippen LogP contribution in [0.3, 0.4) is 0 Å². The molecule has 3 N–H and O–H groups in total. The minimum absolute atomic E-state index is 0.614. The van der Waals surface area contributed by atoms with Crippen molar-refractivity contribution < 1.29 is 9.47 Å². The van der Waals surface area contributed by atoms with E-state index < -0.39 is 0 Å². The third kappa shape index (κ3) is 5.28. The number of fused-ring (bicyclic) bond motifs is 1. The van der Waals surface area contributed by atoms with E-state index in [0.717, 1.165) is 56.0 Å². The van der Waals surface area contributed by atoms with Crippen LogP contribution in [-0.2, 0) is 12.8 Å². The van der Waals surface area contributed by atoms with E-state index in [0.29, 0.717) is 6.61 Å². The molecule has 1 aliphatic carbocycles. The Morgan fingerprint density at radius 3 is 2.70 bits per heavy atom. The number of nitrogens with one attached hydrogen (secondary N) is 3. The maximum atomic E-state index is 5.69. The molecule has 1 aromatic carbocycles. The van der Waals surface area contributed by atoms with Crippen LogP contribution in [0.4, 0.5) is 5.69 Å². The van der Waals surface area contributed by atoms with E-state index in [2.05, 4.69) is 40.8 Å². The first-order valence-corrected chi connectivity index (χ1v) is 11.0. The lowest BCUT2D eigenvalue weighted by Gasteiger charge is -2.13. The first-order valence-electron chi connectivity index (χ1n) is 11.0. The molecule has 1 aromatic heterocycles. The number of rotatable bonds is 11. The second-order valence-corrected chi connectivity index (χ2v) is 7.57. The predicted octanol–water partition coefficient (Wildman–Crippen LogP) is 3.14. The molecule has 3 rings (SSSR count). The van der Waals surface area contributed by atoms with Crippen molar-refractivity contribution >= 4 is 17.8 Å². The third-order valence-electron chi connectivity index (χ3n) is 5.43. The van der Waals surface area contributed by atoms with Crippen LogP contribution in [0.2, 0.25) is 0 Å². The number of ether oxygens (including phenoxy) is 2. The van der Waals surface area contributed by atoms with Gasteiger partial charge in [0.2, 0.25) is 0 Å². The van der Waals surface area contributed by atoms with Crippen molar-refractivity contribution in [1.82, 2.24) is 10.3 Å². The molecule has 0 fully saturated rings. The van der Waals surface area contributed by atoms with Gasteiger partial charge in [0, 0.05) is 34.6 Å². The molecule has 0 atom stereocenters. The lowest BCUT2D eigenvalue weighted by Crippen LogP contribution is -2.25. The van der Waals surface area contributed by atoms with Gasteiger partial charge in [0.25, 0.3) is 0 Å². The summed E-state index contributed by atoms with van der Waals surface area (Å²) in [7, 11) is 3.68. The Bertz CT molecular complexity index is 989. The largest absolute Gasteiger partial charge is 0.493 e. The van der Waals surface area contributed by atoms with E-state index in [4.69, 9.17) is 9.47 Å². The van der Waals surface area contributed by atoms with Crippen LogP contribution in [0.25, 0.3) is 12.2 Å². The molecule has 1 heterocycles. The van der Waals surface area contributed by atoms with E-state index >= 15 is 0 Å². The van der Waals surface area contributed by atoms with Gasteiger partial charge in [-0.15, -0.1) is 0 Å². The van der Waals surface area contributed by atoms with Gasteiger partial charge in [0.1, 0.15) is 0 Å². The number of allylic oxidation sites excluding steroid dienone is 1. The van der Waals surface area contributed by atoms with Crippen molar-refractivity contribution in [1.29, 1.82) is 0 Å². The Hall–Kier alpha value is -2.66. The smallest absolute Gasteiger partial charge is 0.163 e. The summed E-state index contributed by atoms with van der Waals surface area (Å²) in [5, 5.41) is 9.43. The zero-order valence-electron chi connectivity index (χ0n) is 18.7. The highest BCUT2D eigenvalue weighted by molar-refractivity contribution is 5.56. The van der Waals surface area contributed by atoms with Gasteiger partial charge in [-0.05, 0) is 63.0 Å². The monoisotopic (exact) mass is 409 g/mol. The van der Waals surface area contributed by atoms with Gasteiger partial charge < -0.3 is 25.1 Å². The van der Waals surface area contributed by atoms with Crippen molar-refractivity contribution in [2.75, 3.05) is 39.2 Å². The molecular formula is C25H35N3O2. The van der Waals surface area contributed by atoms with E-state index in [1.807, 2.05) is 32.2 Å². The van der Waals surface area contributed by atoms with Crippen molar-refractivity contribution in [2.24, 2.45) is 0 Å². The second kappa shape index (κ2) is 10.9. The number of hydrogen-bond acceptors (Lipinski definition) is 4. The topological polar surface area (TPSA) is 58.3 Å². The fraction of sp³-hybridized carbons (Fsp3) is 0.440. The molecule has 0 bridgehead atoms. The van der Waals surface area contributed by atoms with Gasteiger partial charge in [-0.1, -0.05) is 31.6 Å². The minimum Gasteiger partial charge on any atom is -0.493 e. The summed E-state index contributed by atoms with van der Waals surface area (Å²) in [6.45, 7) is 6.62. The van der Waals surface area contributed by atoms with Crippen LogP contribution in [0.1, 0.15) is 37.9 Å². The van der Waals surface area contributed by atoms with Gasteiger partial charge in [-0.3, -0.25) is 0 Å². The SMILES string of the molecule is CCCc1[nH]c2c(c1CCNC)=CC=C(CNc1ccc(OC)c(OCC)c1)CC=2. The van der Waals surface area contributed by atoms with Gasteiger partial charge >= 0.3 is 0 Å². The molecule has 0 saturated heterocycles. The average Bonchev–Trinajstić information content (AvgIpc) is 2.95. The summed E-state index contributed by atoms with van der Waals surface area (Å²) in [6.07, 6.45) is 11.1.